The van der Waals surface area contributed by atoms with Crippen molar-refractivity contribution in [3.05, 3.63) is 58.1 Å². The summed E-state index contributed by atoms with van der Waals surface area (Å²) >= 11 is 3.64. The first-order valence-corrected chi connectivity index (χ1v) is 13.4. The second-order valence-corrected chi connectivity index (χ2v) is 11.6. The number of carbonyl (C=O) groups excluding carboxylic acids is 1. The summed E-state index contributed by atoms with van der Waals surface area (Å²) in [5.74, 6) is 0.0171. The minimum Gasteiger partial charge on any atom is -0.307 e. The van der Waals surface area contributed by atoms with E-state index in [0.717, 1.165) is 60.4 Å². The summed E-state index contributed by atoms with van der Waals surface area (Å²) < 4.78 is 16.2. The molecule has 2 fully saturated rings. The largest absolute Gasteiger partial charge is 0.307 e. The van der Waals surface area contributed by atoms with Gasteiger partial charge in [-0.15, -0.1) is 0 Å². The molecule has 1 unspecified atom stereocenters. The van der Waals surface area contributed by atoms with E-state index in [1.54, 1.807) is 0 Å². The van der Waals surface area contributed by atoms with Crippen LogP contribution in [-0.4, -0.2) is 34.1 Å². The van der Waals surface area contributed by atoms with Crippen molar-refractivity contribution in [3.63, 3.8) is 0 Å². The number of rotatable bonds is 3. The fourth-order valence-electron chi connectivity index (χ4n) is 5.55. The van der Waals surface area contributed by atoms with Crippen LogP contribution in [0.5, 0.6) is 0 Å². The van der Waals surface area contributed by atoms with Gasteiger partial charge in [0.15, 0.2) is 0 Å². The van der Waals surface area contributed by atoms with E-state index in [0.29, 0.717) is 5.56 Å². The van der Waals surface area contributed by atoms with Crippen molar-refractivity contribution in [1.29, 1.82) is 0 Å². The molecule has 0 bridgehead atoms. The summed E-state index contributed by atoms with van der Waals surface area (Å²) in [6.45, 7) is 2.47. The number of nitrogens with zero attached hydrogens (tertiary/aromatic N) is 2. The van der Waals surface area contributed by atoms with Crippen LogP contribution in [0.15, 0.2) is 51.8 Å². The third kappa shape index (κ3) is 4.03. The molecule has 6 heteroatoms. The summed E-state index contributed by atoms with van der Waals surface area (Å²) in [4.78, 5) is 16.4. The van der Waals surface area contributed by atoms with Crippen molar-refractivity contribution in [1.82, 2.24) is 4.31 Å². The molecule has 4 nitrogen and oxygen atoms in total. The summed E-state index contributed by atoms with van der Waals surface area (Å²) in [5, 5.41) is 0. The number of hydrogen-bond donors (Lipinski definition) is 0. The van der Waals surface area contributed by atoms with E-state index in [1.807, 2.05) is 39.5 Å². The molecular weight excluding hydrogens is 472 g/mol. The molecule has 1 amide bonds. The Morgan fingerprint density at radius 1 is 0.935 bits per heavy atom. The Kier molecular flexibility index (Phi) is 6.06. The Morgan fingerprint density at radius 2 is 1.68 bits per heavy atom. The maximum Gasteiger partial charge on any atom is 0.258 e. The number of benzene rings is 2. The van der Waals surface area contributed by atoms with Gasteiger partial charge < -0.3 is 4.90 Å². The van der Waals surface area contributed by atoms with Gasteiger partial charge in [-0.3, -0.25) is 4.79 Å². The third-order valence-corrected chi connectivity index (χ3v) is 9.15. The van der Waals surface area contributed by atoms with Crippen molar-refractivity contribution in [2.24, 2.45) is 0 Å². The van der Waals surface area contributed by atoms with Gasteiger partial charge in [0.25, 0.3) is 5.91 Å². The summed E-state index contributed by atoms with van der Waals surface area (Å²) in [6.07, 6.45) is 9.38. The fourth-order valence-corrected chi connectivity index (χ4v) is 7.22. The van der Waals surface area contributed by atoms with Crippen LogP contribution in [0.1, 0.15) is 67.3 Å². The summed E-state index contributed by atoms with van der Waals surface area (Å²) in [7, 11) is -1.20. The first-order valence-electron chi connectivity index (χ1n) is 11.5. The van der Waals surface area contributed by atoms with Gasteiger partial charge in [0.1, 0.15) is 11.0 Å². The second-order valence-electron chi connectivity index (χ2n) is 9.16. The predicted octanol–water partition coefficient (Wildman–Crippen LogP) is 5.82. The zero-order valence-corrected chi connectivity index (χ0v) is 20.2. The van der Waals surface area contributed by atoms with E-state index in [-0.39, 0.29) is 11.3 Å². The first kappa shape index (κ1) is 21.4. The number of amides is 1. The van der Waals surface area contributed by atoms with Crippen LogP contribution in [0.4, 0.5) is 5.69 Å². The van der Waals surface area contributed by atoms with E-state index in [9.17, 15) is 9.00 Å². The molecule has 2 aliphatic heterocycles. The van der Waals surface area contributed by atoms with Gasteiger partial charge in [-0.2, -0.15) is 0 Å². The van der Waals surface area contributed by atoms with Gasteiger partial charge in [0.2, 0.25) is 0 Å². The number of anilines is 1. The monoisotopic (exact) mass is 500 g/mol. The van der Waals surface area contributed by atoms with Crippen LogP contribution in [0.3, 0.4) is 0 Å². The molecule has 3 aliphatic rings. The minimum atomic E-state index is -1.20. The Labute approximate surface area is 195 Å². The molecule has 5 rings (SSSR count). The highest BCUT2D eigenvalue weighted by Gasteiger charge is 2.45. The maximum atomic E-state index is 13.7. The molecular formula is C25H29BrN2O2S. The predicted molar refractivity (Wildman–Crippen MR) is 129 cm³/mol. The highest BCUT2D eigenvalue weighted by molar-refractivity contribution is 9.10. The van der Waals surface area contributed by atoms with Crippen molar-refractivity contribution in [3.8, 4) is 0 Å². The van der Waals surface area contributed by atoms with E-state index in [1.165, 1.54) is 31.2 Å². The van der Waals surface area contributed by atoms with Crippen LogP contribution >= 0.6 is 15.9 Å². The smallest absolute Gasteiger partial charge is 0.258 e. The molecule has 164 valence electrons. The number of carbonyl (C=O) groups is 1. The number of piperidine rings is 1. The van der Waals surface area contributed by atoms with Crippen LogP contribution in [0.25, 0.3) is 0 Å². The zero-order valence-electron chi connectivity index (χ0n) is 17.8. The van der Waals surface area contributed by atoms with Crippen molar-refractivity contribution >= 4 is 38.5 Å². The molecule has 0 N–H and O–H groups in total. The number of halogens is 1. The molecule has 1 saturated carbocycles. The standard InChI is InChI=1S/C25H29BrN2O2S/c26-20-10-11-23-22(17-20)25(12-3-1-4-13-25)18-28(23)24(29)19-8-7-9-21(16-19)31(30)27-14-5-2-6-15-27/h7-11,16-17H,1-6,12-15,18H2. The molecule has 1 spiro atoms. The first-order chi connectivity index (χ1) is 15.1. The Bertz CT molecular complexity index is 1010. The lowest BCUT2D eigenvalue weighted by molar-refractivity contribution is 0.0982. The van der Waals surface area contributed by atoms with E-state index in [2.05, 4.69) is 28.1 Å². The Hall–Kier alpha value is -1.50. The summed E-state index contributed by atoms with van der Waals surface area (Å²) in [5.41, 5.74) is 3.05. The molecule has 0 radical (unpaired) electrons. The quantitative estimate of drug-likeness (QED) is 0.532. The maximum absolute atomic E-state index is 13.7. The van der Waals surface area contributed by atoms with Gasteiger partial charge in [-0.25, -0.2) is 8.51 Å². The molecule has 2 heterocycles. The SMILES string of the molecule is O=C(c1cccc(S(=O)N2CCCCC2)c1)N1CC2(CCCCC2)c2cc(Br)ccc21. The van der Waals surface area contributed by atoms with Crippen molar-refractivity contribution < 1.29 is 9.00 Å². The lowest BCUT2D eigenvalue weighted by Crippen LogP contribution is -2.38. The highest BCUT2D eigenvalue weighted by Crippen LogP contribution is 2.50. The highest BCUT2D eigenvalue weighted by atomic mass is 79.9. The Balaban J connectivity index is 1.45. The lowest BCUT2D eigenvalue weighted by atomic mass is 9.71. The molecule has 1 aliphatic carbocycles. The van der Waals surface area contributed by atoms with Crippen LogP contribution < -0.4 is 4.90 Å². The van der Waals surface area contributed by atoms with E-state index < -0.39 is 11.0 Å². The second kappa shape index (κ2) is 8.80. The molecule has 0 aromatic heterocycles. The fraction of sp³-hybridized carbons (Fsp3) is 0.480. The third-order valence-electron chi connectivity index (χ3n) is 7.17. The normalized spacial score (nSPS) is 21.8. The average molecular weight is 501 g/mol. The summed E-state index contributed by atoms with van der Waals surface area (Å²) in [6, 6.07) is 13.8. The molecule has 2 aromatic carbocycles. The van der Waals surface area contributed by atoms with Crippen LogP contribution in [-0.2, 0) is 16.4 Å². The molecule has 1 atom stereocenters. The zero-order chi connectivity index (χ0) is 21.4. The van der Waals surface area contributed by atoms with Gasteiger partial charge in [-0.05, 0) is 67.6 Å². The number of fused-ring (bicyclic) bond motifs is 2. The van der Waals surface area contributed by atoms with Gasteiger partial charge in [0.05, 0.1) is 4.90 Å². The topological polar surface area (TPSA) is 40.6 Å². The molecule has 2 aromatic rings. The van der Waals surface area contributed by atoms with Crippen LogP contribution in [0, 0.1) is 0 Å². The van der Waals surface area contributed by atoms with E-state index >= 15 is 0 Å². The molecule has 31 heavy (non-hydrogen) atoms. The average Bonchev–Trinajstić information content (AvgIpc) is 3.12. The number of hydrogen-bond acceptors (Lipinski definition) is 2. The van der Waals surface area contributed by atoms with Crippen molar-refractivity contribution in [2.75, 3.05) is 24.5 Å². The van der Waals surface area contributed by atoms with Gasteiger partial charge >= 0.3 is 0 Å². The molecule has 1 saturated heterocycles. The van der Waals surface area contributed by atoms with Crippen molar-refractivity contribution in [2.45, 2.75) is 61.7 Å². The minimum absolute atomic E-state index is 0.0171. The van der Waals surface area contributed by atoms with E-state index in [4.69, 9.17) is 0 Å². The lowest BCUT2D eigenvalue weighted by Gasteiger charge is -2.34. The van der Waals surface area contributed by atoms with Crippen LogP contribution in [0.2, 0.25) is 0 Å². The Morgan fingerprint density at radius 3 is 2.45 bits per heavy atom. The van der Waals surface area contributed by atoms with Gasteiger partial charge in [0, 0.05) is 40.8 Å². The van der Waals surface area contributed by atoms with Gasteiger partial charge in [-0.1, -0.05) is 47.7 Å².